The Kier molecular flexibility index (Phi) is 6.07. The van der Waals surface area contributed by atoms with Crippen LogP contribution in [0.5, 0.6) is 0 Å². The van der Waals surface area contributed by atoms with Crippen LogP contribution in [0.15, 0.2) is 48.7 Å². The summed E-state index contributed by atoms with van der Waals surface area (Å²) >= 11 is 0. The number of amides is 2. The molecule has 1 N–H and O–H groups in total. The fourth-order valence-corrected chi connectivity index (χ4v) is 3.03. The van der Waals surface area contributed by atoms with Gasteiger partial charge in [0.25, 0.3) is 11.8 Å². The third-order valence-corrected chi connectivity index (χ3v) is 4.68. The molecule has 0 bridgehead atoms. The summed E-state index contributed by atoms with van der Waals surface area (Å²) in [6.07, 6.45) is 3.59. The van der Waals surface area contributed by atoms with Crippen LogP contribution in [0.25, 0.3) is 5.52 Å². The zero-order chi connectivity index (χ0) is 21.0. The number of carbonyl (C=O) groups excluding carboxylic acids is 3. The first-order chi connectivity index (χ1) is 13.9. The van der Waals surface area contributed by atoms with Crippen LogP contribution in [0.4, 0.5) is 5.69 Å². The molecule has 2 heterocycles. The molecule has 0 spiro atoms. The number of pyridine rings is 1. The van der Waals surface area contributed by atoms with Gasteiger partial charge in [0.1, 0.15) is 0 Å². The van der Waals surface area contributed by atoms with Gasteiger partial charge in [-0.1, -0.05) is 31.5 Å². The second kappa shape index (κ2) is 8.68. The number of ketones is 1. The van der Waals surface area contributed by atoms with Gasteiger partial charge in [0, 0.05) is 31.0 Å². The monoisotopic (exact) mass is 392 g/mol. The Bertz CT molecular complexity index is 1070. The fourth-order valence-electron chi connectivity index (χ4n) is 3.03. The van der Waals surface area contributed by atoms with E-state index < -0.39 is 5.91 Å². The zero-order valence-electron chi connectivity index (χ0n) is 16.8. The maximum atomic E-state index is 12.9. The van der Waals surface area contributed by atoms with E-state index in [0.717, 1.165) is 12.8 Å². The molecule has 2 aromatic heterocycles. The van der Waals surface area contributed by atoms with Crippen molar-refractivity contribution in [2.24, 2.45) is 0 Å². The number of unbranched alkanes of at least 4 members (excludes halogenated alkanes) is 1. The molecule has 0 saturated heterocycles. The van der Waals surface area contributed by atoms with E-state index in [9.17, 15) is 14.4 Å². The Hall–Kier alpha value is -3.48. The van der Waals surface area contributed by atoms with Crippen LogP contribution in [0.2, 0.25) is 0 Å². The number of Topliss-reactive ketones (excluding diaryl/α,β-unsaturated/α-hetero) is 1. The summed E-state index contributed by atoms with van der Waals surface area (Å²) in [5.41, 5.74) is 1.70. The molecule has 0 unspecified atom stereocenters. The summed E-state index contributed by atoms with van der Waals surface area (Å²) in [5, 5.41) is 2.77. The molecule has 3 aromatic rings. The van der Waals surface area contributed by atoms with E-state index in [4.69, 9.17) is 0 Å². The van der Waals surface area contributed by atoms with Crippen LogP contribution in [0.3, 0.4) is 0 Å². The van der Waals surface area contributed by atoms with E-state index in [0.29, 0.717) is 23.3 Å². The van der Waals surface area contributed by atoms with Gasteiger partial charge in [-0.2, -0.15) is 0 Å². The number of nitrogens with one attached hydrogen (secondary N) is 1. The Balaban J connectivity index is 1.93. The van der Waals surface area contributed by atoms with Crippen molar-refractivity contribution in [1.29, 1.82) is 0 Å². The average molecular weight is 392 g/mol. The summed E-state index contributed by atoms with van der Waals surface area (Å²) in [4.78, 5) is 43.3. The maximum absolute atomic E-state index is 12.9. The largest absolute Gasteiger partial charge is 0.339 e. The summed E-state index contributed by atoms with van der Waals surface area (Å²) in [6, 6.07) is 12.0. The second-order valence-corrected chi connectivity index (χ2v) is 6.91. The molecule has 0 aliphatic rings. The van der Waals surface area contributed by atoms with Gasteiger partial charge in [-0.3, -0.25) is 18.8 Å². The highest BCUT2D eigenvalue weighted by Gasteiger charge is 2.23. The highest BCUT2D eigenvalue weighted by atomic mass is 16.2. The average Bonchev–Trinajstić information content (AvgIpc) is 3.11. The molecule has 0 atom stereocenters. The zero-order valence-corrected chi connectivity index (χ0v) is 16.8. The first kappa shape index (κ1) is 20.3. The summed E-state index contributed by atoms with van der Waals surface area (Å²) in [6.45, 7) is 4.15. The number of imidazole rings is 1. The third-order valence-electron chi connectivity index (χ3n) is 4.68. The number of benzene rings is 1. The number of nitrogens with zero attached hydrogens (tertiary/aromatic N) is 3. The van der Waals surface area contributed by atoms with E-state index in [2.05, 4.69) is 17.2 Å². The molecule has 29 heavy (non-hydrogen) atoms. The van der Waals surface area contributed by atoms with Gasteiger partial charge in [0.15, 0.2) is 11.5 Å². The van der Waals surface area contributed by atoms with Gasteiger partial charge in [-0.15, -0.1) is 0 Å². The highest BCUT2D eigenvalue weighted by Crippen LogP contribution is 2.18. The van der Waals surface area contributed by atoms with Crippen LogP contribution in [-0.4, -0.2) is 45.5 Å². The minimum absolute atomic E-state index is 0.0865. The van der Waals surface area contributed by atoms with Crippen LogP contribution in [0.1, 0.15) is 58.2 Å². The van der Waals surface area contributed by atoms with Crippen molar-refractivity contribution < 1.29 is 14.4 Å². The Morgan fingerprint density at radius 1 is 1.14 bits per heavy atom. The number of fused-ring (bicyclic) bond motifs is 1. The molecular formula is C22H24N4O3. The number of carbonyl (C=O) groups is 3. The molecule has 0 fully saturated rings. The molecular weight excluding hydrogens is 368 g/mol. The predicted molar refractivity (Wildman–Crippen MR) is 111 cm³/mol. The summed E-state index contributed by atoms with van der Waals surface area (Å²) < 4.78 is 1.63. The lowest BCUT2D eigenvalue weighted by molar-refractivity contribution is 0.0780. The van der Waals surface area contributed by atoms with Crippen LogP contribution in [0, 0.1) is 0 Å². The minimum Gasteiger partial charge on any atom is -0.339 e. The quantitative estimate of drug-likeness (QED) is 0.622. The molecule has 2 amide bonds. The minimum atomic E-state index is -0.440. The second-order valence-electron chi connectivity index (χ2n) is 6.91. The fraction of sp³-hybridized carbons (Fsp3) is 0.273. The summed E-state index contributed by atoms with van der Waals surface area (Å²) in [7, 11) is 1.73. The Morgan fingerprint density at radius 2 is 1.93 bits per heavy atom. The van der Waals surface area contributed by atoms with E-state index in [1.807, 2.05) is 0 Å². The smallest absolute Gasteiger partial charge is 0.289 e. The van der Waals surface area contributed by atoms with Gasteiger partial charge in [-0.05, 0) is 37.6 Å². The van der Waals surface area contributed by atoms with Crippen molar-refractivity contribution in [3.63, 3.8) is 0 Å². The molecule has 7 heteroatoms. The molecule has 0 aliphatic heterocycles. The van der Waals surface area contributed by atoms with E-state index in [1.165, 1.54) is 6.92 Å². The Morgan fingerprint density at radius 3 is 2.66 bits per heavy atom. The number of anilines is 1. The number of hydrogen-bond acceptors (Lipinski definition) is 4. The molecule has 3 rings (SSSR count). The topological polar surface area (TPSA) is 83.8 Å². The molecule has 0 radical (unpaired) electrons. The summed E-state index contributed by atoms with van der Waals surface area (Å²) in [5.74, 6) is -0.569. The van der Waals surface area contributed by atoms with Crippen molar-refractivity contribution in [1.82, 2.24) is 14.3 Å². The van der Waals surface area contributed by atoms with Crippen molar-refractivity contribution in [3.8, 4) is 0 Å². The first-order valence-electron chi connectivity index (χ1n) is 9.57. The van der Waals surface area contributed by atoms with Gasteiger partial charge in [0.05, 0.1) is 5.52 Å². The standard InChI is InChI=1S/C22H24N4O3/c1-4-5-12-25(3)22(29)20-24-19(18-11-6-7-13-26(18)20)21(28)23-17-10-8-9-16(14-17)15(2)27/h6-11,13-14H,4-5,12H2,1-3H3,(H,23,28). The van der Waals surface area contributed by atoms with Gasteiger partial charge in [0.2, 0.25) is 5.82 Å². The lowest BCUT2D eigenvalue weighted by Crippen LogP contribution is -2.29. The maximum Gasteiger partial charge on any atom is 0.289 e. The number of hydrogen-bond donors (Lipinski definition) is 1. The van der Waals surface area contributed by atoms with E-state index in [1.54, 1.807) is 65.0 Å². The highest BCUT2D eigenvalue weighted by molar-refractivity contribution is 6.09. The third kappa shape index (κ3) is 4.34. The molecule has 150 valence electrons. The number of rotatable bonds is 7. The van der Waals surface area contributed by atoms with Crippen molar-refractivity contribution >= 4 is 28.8 Å². The van der Waals surface area contributed by atoms with E-state index >= 15 is 0 Å². The first-order valence-corrected chi connectivity index (χ1v) is 9.57. The van der Waals surface area contributed by atoms with Crippen LogP contribution < -0.4 is 5.32 Å². The lowest BCUT2D eigenvalue weighted by Gasteiger charge is -2.15. The molecule has 0 aliphatic carbocycles. The van der Waals surface area contributed by atoms with Crippen LogP contribution >= 0.6 is 0 Å². The SMILES string of the molecule is CCCCN(C)C(=O)c1nc(C(=O)Nc2cccc(C(C)=O)c2)c2ccccn12. The van der Waals surface area contributed by atoms with Crippen LogP contribution in [-0.2, 0) is 0 Å². The van der Waals surface area contributed by atoms with Gasteiger partial charge >= 0.3 is 0 Å². The van der Waals surface area contributed by atoms with E-state index in [-0.39, 0.29) is 23.2 Å². The Labute approximate surface area is 169 Å². The molecule has 0 saturated carbocycles. The number of aromatic nitrogens is 2. The molecule has 1 aromatic carbocycles. The van der Waals surface area contributed by atoms with Crippen molar-refractivity contribution in [2.45, 2.75) is 26.7 Å². The van der Waals surface area contributed by atoms with Crippen molar-refractivity contribution in [3.05, 3.63) is 65.7 Å². The van der Waals surface area contributed by atoms with Crippen molar-refractivity contribution in [2.75, 3.05) is 18.9 Å². The lowest BCUT2D eigenvalue weighted by atomic mass is 10.1. The predicted octanol–water partition coefficient (Wildman–Crippen LogP) is 3.66. The molecule has 7 nitrogen and oxygen atoms in total. The van der Waals surface area contributed by atoms with Gasteiger partial charge in [-0.25, -0.2) is 4.98 Å². The van der Waals surface area contributed by atoms with Gasteiger partial charge < -0.3 is 10.2 Å². The normalized spacial score (nSPS) is 10.7.